The Balaban J connectivity index is 1.43. The minimum absolute atomic E-state index is 0.0648. The van der Waals surface area contributed by atoms with Crippen molar-refractivity contribution in [3.8, 4) is 0 Å². The summed E-state index contributed by atoms with van der Waals surface area (Å²) in [7, 11) is 1.70. The monoisotopic (exact) mass is 387 g/mol. The molecule has 0 bridgehead atoms. The number of carbonyl (C=O) groups is 2. The predicted octanol–water partition coefficient (Wildman–Crippen LogP) is 1.33. The number of nitrogens with one attached hydrogen (secondary N) is 2. The standard InChI is InChI=1S/C19H25N5O4/c1-14-11-17(22-28-14)21-19(26)13-23(2)12-18(25)20-15-3-5-16(6-4-15)24-7-9-27-10-8-24/h3-6,11H,7-10,12-13H2,1-2H3,(H,20,25)(H,21,22,26). The van der Waals surface area contributed by atoms with Crippen LogP contribution in [0.2, 0.25) is 0 Å². The van der Waals surface area contributed by atoms with Gasteiger partial charge in [-0.3, -0.25) is 14.5 Å². The van der Waals surface area contributed by atoms with E-state index < -0.39 is 0 Å². The molecule has 9 heteroatoms. The predicted molar refractivity (Wildman–Crippen MR) is 105 cm³/mol. The van der Waals surface area contributed by atoms with Crippen LogP contribution in [0.1, 0.15) is 5.76 Å². The highest BCUT2D eigenvalue weighted by molar-refractivity contribution is 5.94. The summed E-state index contributed by atoms with van der Waals surface area (Å²) < 4.78 is 10.3. The Labute approximate surface area is 163 Å². The maximum Gasteiger partial charge on any atom is 0.239 e. The van der Waals surface area contributed by atoms with Crippen LogP contribution in [0.15, 0.2) is 34.9 Å². The highest BCUT2D eigenvalue weighted by atomic mass is 16.5. The number of hydrogen-bond acceptors (Lipinski definition) is 7. The number of likely N-dealkylation sites (N-methyl/N-ethyl adjacent to an activating group) is 1. The summed E-state index contributed by atoms with van der Waals surface area (Å²) >= 11 is 0. The molecule has 2 heterocycles. The minimum Gasteiger partial charge on any atom is -0.378 e. The molecule has 2 aromatic rings. The van der Waals surface area contributed by atoms with E-state index >= 15 is 0 Å². The van der Waals surface area contributed by atoms with Crippen molar-refractivity contribution in [2.75, 3.05) is 62.0 Å². The lowest BCUT2D eigenvalue weighted by atomic mass is 10.2. The highest BCUT2D eigenvalue weighted by Crippen LogP contribution is 2.19. The molecule has 0 unspecified atom stereocenters. The largest absolute Gasteiger partial charge is 0.378 e. The first-order chi connectivity index (χ1) is 13.5. The van der Waals surface area contributed by atoms with Gasteiger partial charge in [0.05, 0.1) is 26.3 Å². The number of aromatic nitrogens is 1. The number of amides is 2. The van der Waals surface area contributed by atoms with Crippen molar-refractivity contribution >= 4 is 29.0 Å². The molecule has 9 nitrogen and oxygen atoms in total. The third-order valence-electron chi connectivity index (χ3n) is 4.25. The Kier molecular flexibility index (Phi) is 6.62. The van der Waals surface area contributed by atoms with Crippen molar-refractivity contribution in [3.05, 3.63) is 36.1 Å². The van der Waals surface area contributed by atoms with Gasteiger partial charge in [0.1, 0.15) is 5.76 Å². The average molecular weight is 387 g/mol. The third-order valence-corrected chi connectivity index (χ3v) is 4.25. The summed E-state index contributed by atoms with van der Waals surface area (Å²) in [4.78, 5) is 28.1. The normalized spacial score (nSPS) is 14.2. The van der Waals surface area contributed by atoms with Gasteiger partial charge in [0.25, 0.3) is 0 Å². The van der Waals surface area contributed by atoms with Gasteiger partial charge in [-0.05, 0) is 38.2 Å². The quantitative estimate of drug-likeness (QED) is 0.739. The third kappa shape index (κ3) is 5.80. The molecule has 1 saturated heterocycles. The lowest BCUT2D eigenvalue weighted by molar-refractivity contribution is -0.119. The second kappa shape index (κ2) is 9.34. The smallest absolute Gasteiger partial charge is 0.239 e. The number of aryl methyl sites for hydroxylation is 1. The first kappa shape index (κ1) is 19.8. The Morgan fingerprint density at radius 1 is 1.11 bits per heavy atom. The number of morpholine rings is 1. The fourth-order valence-corrected chi connectivity index (χ4v) is 2.93. The SMILES string of the molecule is Cc1cc(NC(=O)CN(C)CC(=O)Nc2ccc(N3CCOCC3)cc2)no1. The van der Waals surface area contributed by atoms with Gasteiger partial charge in [-0.15, -0.1) is 0 Å². The van der Waals surface area contributed by atoms with Crippen molar-refractivity contribution in [2.45, 2.75) is 6.92 Å². The molecule has 3 rings (SSSR count). The molecule has 1 aromatic heterocycles. The summed E-state index contributed by atoms with van der Waals surface area (Å²) in [6.45, 7) is 5.10. The van der Waals surface area contributed by atoms with E-state index in [4.69, 9.17) is 9.26 Å². The molecule has 1 aromatic carbocycles. The van der Waals surface area contributed by atoms with Crippen LogP contribution in [-0.4, -0.2) is 68.3 Å². The average Bonchev–Trinajstić information content (AvgIpc) is 3.07. The van der Waals surface area contributed by atoms with Gasteiger partial charge >= 0.3 is 0 Å². The van der Waals surface area contributed by atoms with E-state index in [1.54, 1.807) is 24.9 Å². The van der Waals surface area contributed by atoms with E-state index in [1.807, 2.05) is 24.3 Å². The van der Waals surface area contributed by atoms with Crippen LogP contribution in [0.3, 0.4) is 0 Å². The van der Waals surface area contributed by atoms with Crippen molar-refractivity contribution in [3.63, 3.8) is 0 Å². The topological polar surface area (TPSA) is 99.9 Å². The maximum absolute atomic E-state index is 12.2. The minimum atomic E-state index is -0.265. The molecule has 1 aliphatic heterocycles. The van der Waals surface area contributed by atoms with E-state index in [-0.39, 0.29) is 24.9 Å². The van der Waals surface area contributed by atoms with E-state index in [9.17, 15) is 9.59 Å². The summed E-state index contributed by atoms with van der Waals surface area (Å²) in [5.74, 6) is 0.522. The zero-order valence-electron chi connectivity index (χ0n) is 16.1. The maximum atomic E-state index is 12.2. The van der Waals surface area contributed by atoms with Gasteiger partial charge in [-0.25, -0.2) is 0 Å². The van der Waals surface area contributed by atoms with Gasteiger partial charge in [-0.2, -0.15) is 0 Å². The number of anilines is 3. The van der Waals surface area contributed by atoms with Gasteiger partial charge in [0, 0.05) is 30.5 Å². The lowest BCUT2D eigenvalue weighted by Crippen LogP contribution is -2.36. The molecule has 2 N–H and O–H groups in total. The first-order valence-corrected chi connectivity index (χ1v) is 9.14. The van der Waals surface area contributed by atoms with Crippen molar-refractivity contribution in [2.24, 2.45) is 0 Å². The first-order valence-electron chi connectivity index (χ1n) is 9.14. The van der Waals surface area contributed by atoms with Crippen LogP contribution in [0.25, 0.3) is 0 Å². The molecule has 1 aliphatic rings. The molecule has 0 aliphatic carbocycles. The van der Waals surface area contributed by atoms with Gasteiger partial charge in [-0.1, -0.05) is 5.16 Å². The van der Waals surface area contributed by atoms with Crippen LogP contribution in [-0.2, 0) is 14.3 Å². The second-order valence-corrected chi connectivity index (χ2v) is 6.74. The fraction of sp³-hybridized carbons (Fsp3) is 0.421. The highest BCUT2D eigenvalue weighted by Gasteiger charge is 2.14. The molecule has 28 heavy (non-hydrogen) atoms. The Morgan fingerprint density at radius 3 is 2.36 bits per heavy atom. The zero-order chi connectivity index (χ0) is 19.9. The van der Waals surface area contributed by atoms with Crippen LogP contribution in [0.4, 0.5) is 17.2 Å². The van der Waals surface area contributed by atoms with Crippen LogP contribution >= 0.6 is 0 Å². The lowest BCUT2D eigenvalue weighted by Gasteiger charge is -2.28. The molecule has 0 spiro atoms. The fourth-order valence-electron chi connectivity index (χ4n) is 2.93. The number of hydrogen-bond donors (Lipinski definition) is 2. The zero-order valence-corrected chi connectivity index (χ0v) is 16.1. The van der Waals surface area contributed by atoms with E-state index in [1.165, 1.54) is 0 Å². The molecule has 0 atom stereocenters. The Hall–Kier alpha value is -2.91. The van der Waals surface area contributed by atoms with E-state index in [0.717, 1.165) is 37.7 Å². The molecule has 2 amide bonds. The van der Waals surface area contributed by atoms with Crippen LogP contribution in [0, 0.1) is 6.92 Å². The second-order valence-electron chi connectivity index (χ2n) is 6.74. The Morgan fingerprint density at radius 2 is 1.75 bits per heavy atom. The number of nitrogens with zero attached hydrogens (tertiary/aromatic N) is 3. The molecular weight excluding hydrogens is 362 g/mol. The molecule has 1 fully saturated rings. The molecule has 0 radical (unpaired) electrons. The van der Waals surface area contributed by atoms with Crippen molar-refractivity contribution in [1.29, 1.82) is 0 Å². The summed E-state index contributed by atoms with van der Waals surface area (Å²) in [5, 5.41) is 9.18. The summed E-state index contributed by atoms with van der Waals surface area (Å²) in [6, 6.07) is 9.35. The number of carbonyl (C=O) groups excluding carboxylic acids is 2. The number of ether oxygens (including phenoxy) is 1. The van der Waals surface area contributed by atoms with Gasteiger partial charge < -0.3 is 24.8 Å². The Bertz CT molecular complexity index is 799. The van der Waals surface area contributed by atoms with E-state index in [2.05, 4.69) is 20.7 Å². The molecule has 0 saturated carbocycles. The molecular formula is C19H25N5O4. The van der Waals surface area contributed by atoms with E-state index in [0.29, 0.717) is 11.6 Å². The number of rotatable bonds is 7. The van der Waals surface area contributed by atoms with Crippen molar-refractivity contribution < 1.29 is 18.8 Å². The van der Waals surface area contributed by atoms with Crippen molar-refractivity contribution in [1.82, 2.24) is 10.1 Å². The molecule has 150 valence electrons. The van der Waals surface area contributed by atoms with Gasteiger partial charge in [0.15, 0.2) is 5.82 Å². The van der Waals surface area contributed by atoms with Gasteiger partial charge in [0.2, 0.25) is 11.8 Å². The van der Waals surface area contributed by atoms with Crippen LogP contribution < -0.4 is 15.5 Å². The summed E-state index contributed by atoms with van der Waals surface area (Å²) in [6.07, 6.45) is 0. The van der Waals surface area contributed by atoms with Crippen LogP contribution in [0.5, 0.6) is 0 Å². The number of benzene rings is 1. The summed E-state index contributed by atoms with van der Waals surface area (Å²) in [5.41, 5.74) is 1.83.